The molecule has 0 N–H and O–H groups in total. The van der Waals surface area contributed by atoms with Crippen LogP contribution in [0.4, 0.5) is 0 Å². The highest BCUT2D eigenvalue weighted by atomic mass is 15.6. The van der Waals surface area contributed by atoms with E-state index < -0.39 is 0 Å². The molecular formula is C8H14N4. The van der Waals surface area contributed by atoms with Gasteiger partial charge in [0.05, 0.1) is 6.54 Å². The molecule has 0 amide bonds. The molecule has 0 saturated carbocycles. The van der Waals surface area contributed by atoms with Crippen LogP contribution in [0.1, 0.15) is 0 Å². The van der Waals surface area contributed by atoms with Crippen LogP contribution >= 0.6 is 0 Å². The summed E-state index contributed by atoms with van der Waals surface area (Å²) in [7, 11) is 2.06. The monoisotopic (exact) mass is 166 g/mol. The lowest BCUT2D eigenvalue weighted by Gasteiger charge is -2.30. The molecule has 12 heavy (non-hydrogen) atoms. The molecule has 4 heteroatoms. The van der Waals surface area contributed by atoms with Crippen molar-refractivity contribution in [1.82, 2.24) is 9.91 Å². The van der Waals surface area contributed by atoms with Crippen molar-refractivity contribution in [1.29, 1.82) is 0 Å². The van der Waals surface area contributed by atoms with Crippen molar-refractivity contribution in [2.75, 3.05) is 26.7 Å². The zero-order valence-electron chi connectivity index (χ0n) is 7.40. The topological polar surface area (TPSA) is 31.2 Å². The van der Waals surface area contributed by atoms with Crippen LogP contribution in [0.15, 0.2) is 35.4 Å². The van der Waals surface area contributed by atoms with Gasteiger partial charge in [-0.3, -0.25) is 4.90 Å². The normalized spacial score (nSPS) is 20.4. The molecule has 1 rings (SSSR count). The van der Waals surface area contributed by atoms with Gasteiger partial charge in [0.15, 0.2) is 0 Å². The van der Waals surface area contributed by atoms with Crippen LogP contribution in [-0.2, 0) is 0 Å². The minimum absolute atomic E-state index is 0.854. The van der Waals surface area contributed by atoms with Crippen LogP contribution in [0.2, 0.25) is 0 Å². The molecule has 0 radical (unpaired) electrons. The summed E-state index contributed by atoms with van der Waals surface area (Å²) in [5, 5.41) is 9.44. The van der Waals surface area contributed by atoms with Gasteiger partial charge in [0.2, 0.25) is 0 Å². The first-order valence-electron chi connectivity index (χ1n) is 3.89. The third kappa shape index (κ3) is 2.17. The van der Waals surface area contributed by atoms with Crippen molar-refractivity contribution in [3.63, 3.8) is 0 Å². The van der Waals surface area contributed by atoms with Crippen LogP contribution in [0.3, 0.4) is 0 Å². The smallest absolute Gasteiger partial charge is 0.0557 e. The predicted octanol–water partition coefficient (Wildman–Crippen LogP) is 1.26. The van der Waals surface area contributed by atoms with E-state index in [1.54, 1.807) is 0 Å². The maximum Gasteiger partial charge on any atom is 0.0557 e. The molecule has 0 spiro atoms. The van der Waals surface area contributed by atoms with Gasteiger partial charge in [-0.15, -0.1) is 5.11 Å². The Morgan fingerprint density at radius 3 is 2.83 bits per heavy atom. The van der Waals surface area contributed by atoms with Crippen LogP contribution in [0.5, 0.6) is 0 Å². The highest BCUT2D eigenvalue weighted by molar-refractivity contribution is 4.98. The van der Waals surface area contributed by atoms with E-state index in [-0.39, 0.29) is 0 Å². The van der Waals surface area contributed by atoms with Crippen molar-refractivity contribution >= 4 is 0 Å². The zero-order valence-corrected chi connectivity index (χ0v) is 7.40. The molecule has 0 aliphatic carbocycles. The molecule has 0 aromatic heterocycles. The second-order valence-corrected chi connectivity index (χ2v) is 2.81. The van der Waals surface area contributed by atoms with Crippen LogP contribution < -0.4 is 0 Å². The highest BCUT2D eigenvalue weighted by Crippen LogP contribution is 2.10. The quantitative estimate of drug-likeness (QED) is 0.578. The average Bonchev–Trinajstić information content (AvgIpc) is 2.03. The summed E-state index contributed by atoms with van der Waals surface area (Å²) in [6, 6.07) is 0. The van der Waals surface area contributed by atoms with Gasteiger partial charge in [-0.2, -0.15) is 0 Å². The molecule has 4 nitrogen and oxygen atoms in total. The number of hydrogen-bond acceptors (Lipinski definition) is 3. The second kappa shape index (κ2) is 4.01. The molecule has 0 unspecified atom stereocenters. The molecular weight excluding hydrogens is 152 g/mol. The van der Waals surface area contributed by atoms with Crippen LogP contribution in [-0.4, -0.2) is 36.6 Å². The fraction of sp³-hybridized carbons (Fsp3) is 0.500. The molecule has 1 aliphatic heterocycles. The zero-order chi connectivity index (χ0) is 8.97. The van der Waals surface area contributed by atoms with E-state index in [4.69, 9.17) is 0 Å². The van der Waals surface area contributed by atoms with E-state index in [0.29, 0.717) is 0 Å². The Hall–Kier alpha value is -1.16. The van der Waals surface area contributed by atoms with E-state index >= 15 is 0 Å². The Kier molecular flexibility index (Phi) is 2.99. The van der Waals surface area contributed by atoms with E-state index in [1.165, 1.54) is 6.20 Å². The lowest BCUT2D eigenvalue weighted by atomic mass is 10.3. The Balaban J connectivity index is 2.50. The minimum atomic E-state index is 0.854. The lowest BCUT2D eigenvalue weighted by Crippen LogP contribution is -2.39. The third-order valence-electron chi connectivity index (χ3n) is 1.75. The van der Waals surface area contributed by atoms with Gasteiger partial charge in [-0.05, 0) is 7.05 Å². The predicted molar refractivity (Wildman–Crippen MR) is 48.4 cm³/mol. The molecule has 1 heterocycles. The van der Waals surface area contributed by atoms with E-state index in [2.05, 4.69) is 35.4 Å². The highest BCUT2D eigenvalue weighted by Gasteiger charge is 2.15. The molecule has 0 aromatic carbocycles. The van der Waals surface area contributed by atoms with Crippen molar-refractivity contribution in [3.05, 3.63) is 25.1 Å². The Labute approximate surface area is 72.8 Å². The fourth-order valence-electron chi connectivity index (χ4n) is 1.10. The summed E-state index contributed by atoms with van der Waals surface area (Å²) in [6.45, 7) is 10.1. The molecule has 0 bridgehead atoms. The van der Waals surface area contributed by atoms with Gasteiger partial charge >= 0.3 is 0 Å². The lowest BCUT2D eigenvalue weighted by molar-refractivity contribution is 0.201. The van der Waals surface area contributed by atoms with Gasteiger partial charge in [0.25, 0.3) is 0 Å². The van der Waals surface area contributed by atoms with Crippen molar-refractivity contribution < 1.29 is 0 Å². The first kappa shape index (κ1) is 8.93. The Morgan fingerprint density at radius 2 is 2.25 bits per heavy atom. The van der Waals surface area contributed by atoms with Gasteiger partial charge in [0, 0.05) is 25.0 Å². The molecule has 0 aromatic rings. The van der Waals surface area contributed by atoms with Crippen molar-refractivity contribution in [2.24, 2.45) is 10.3 Å². The standard InChI is InChI=1S/C8H14N4/c1-4-9-10-12-6-5-11(3)7-8(12)2/h4H,1-2,5-7H2,3H3. The van der Waals surface area contributed by atoms with Gasteiger partial charge in [-0.1, -0.05) is 18.4 Å². The van der Waals surface area contributed by atoms with E-state index in [9.17, 15) is 0 Å². The third-order valence-corrected chi connectivity index (χ3v) is 1.75. The Bertz CT molecular complexity index is 209. The van der Waals surface area contributed by atoms with Crippen molar-refractivity contribution in [3.8, 4) is 0 Å². The molecule has 1 saturated heterocycles. The summed E-state index contributed by atoms with van der Waals surface area (Å²) >= 11 is 0. The first-order valence-corrected chi connectivity index (χ1v) is 3.89. The number of nitrogens with zero attached hydrogens (tertiary/aromatic N) is 4. The summed E-state index contributed by atoms with van der Waals surface area (Å²) in [4.78, 5) is 2.20. The van der Waals surface area contributed by atoms with E-state index in [0.717, 1.165) is 25.3 Å². The largest absolute Gasteiger partial charge is 0.299 e. The molecule has 0 atom stereocenters. The van der Waals surface area contributed by atoms with Gasteiger partial charge < -0.3 is 0 Å². The van der Waals surface area contributed by atoms with Crippen LogP contribution in [0.25, 0.3) is 0 Å². The number of hydrogen-bond donors (Lipinski definition) is 0. The second-order valence-electron chi connectivity index (χ2n) is 2.81. The van der Waals surface area contributed by atoms with Gasteiger partial charge in [0.1, 0.15) is 0 Å². The number of piperazine rings is 1. The fourth-order valence-corrected chi connectivity index (χ4v) is 1.10. The average molecular weight is 166 g/mol. The molecule has 1 aliphatic rings. The number of likely N-dealkylation sites (N-methyl/N-ethyl adjacent to an activating group) is 1. The summed E-state index contributed by atoms with van der Waals surface area (Å²) in [6.07, 6.45) is 1.42. The minimum Gasteiger partial charge on any atom is -0.299 e. The first-order chi connectivity index (χ1) is 5.74. The maximum absolute atomic E-state index is 3.93. The number of rotatable bonds is 2. The molecule has 1 fully saturated rings. The van der Waals surface area contributed by atoms with Gasteiger partial charge in [-0.25, -0.2) is 5.01 Å². The Morgan fingerprint density at radius 1 is 1.50 bits per heavy atom. The summed E-state index contributed by atoms with van der Waals surface area (Å²) in [5.74, 6) is 0. The summed E-state index contributed by atoms with van der Waals surface area (Å²) < 4.78 is 0. The summed E-state index contributed by atoms with van der Waals surface area (Å²) in [5.41, 5.74) is 0.981. The van der Waals surface area contributed by atoms with Crippen LogP contribution in [0, 0.1) is 0 Å². The van der Waals surface area contributed by atoms with E-state index in [1.807, 2.05) is 5.01 Å². The maximum atomic E-state index is 3.93. The SMILES string of the molecule is C=CN=NN1CCN(C)CC1=C. The van der Waals surface area contributed by atoms with Crippen molar-refractivity contribution in [2.45, 2.75) is 0 Å². The molecule has 66 valence electrons.